The average molecular weight is 1170 g/mol. The van der Waals surface area contributed by atoms with Gasteiger partial charge >= 0.3 is 0 Å². The molecular weight excluding hydrogens is 1070 g/mol. The first kappa shape index (κ1) is 95.6. The van der Waals surface area contributed by atoms with Crippen molar-refractivity contribution in [3.63, 3.8) is 0 Å². The standard InChI is InChI=1S/C13H28N4O.C11H23N4O.2C4H10.2CH4O.4CH4.CH3.Pu.2Y/c1-4-5-6-13(18)16-9-12-17(10-7-14-2)11-8-15-3;1-4-11(16)14-7-10-15(8-5-12-2)9-6-13-3;2*1-3-4-2;2*1-2;;;;;;;;/h5-6,14-15H,4,7-12H2,1-3H3,(H,16,18);1,4,12-13H,5-10H2,2-3H3,(H,14,16);2*3-4H2,1-2H3;2*2H,1H3;4*1H4;1H3;;;/q;-1;;;;;;;;;-1;;;/b6-5+;;;;;;;;;;;;;. The summed E-state index contributed by atoms with van der Waals surface area (Å²) in [4.78, 5) is 26.9. The van der Waals surface area contributed by atoms with E-state index in [1.807, 2.05) is 41.2 Å². The monoisotopic (exact) mass is 1160 g/mol. The SMILES string of the molecule is C.C.C.C.CC/C=C/C(=O)NCCN(CCNC)CCNC.CCCC.CCCC.CO.CO.[CH-]=CC(=O)NCCN(CCNC)CCNC.[CH3-].[Pu].[Y].[Y]. The van der Waals surface area contributed by atoms with E-state index >= 15 is 0 Å². The summed E-state index contributed by atoms with van der Waals surface area (Å²) in [5, 5.41) is 32.1. The minimum Gasteiger partial charge on any atom is -0.429 e. The Hall–Kier alpha value is 1.29. The van der Waals surface area contributed by atoms with Crippen molar-refractivity contribution in [2.75, 3.05) is 121 Å². The fourth-order valence-corrected chi connectivity index (χ4v) is 2.77. The third-order valence-corrected chi connectivity index (χ3v) is 5.82. The van der Waals surface area contributed by atoms with Gasteiger partial charge < -0.3 is 54.3 Å². The van der Waals surface area contributed by atoms with Gasteiger partial charge in [0.1, 0.15) is 0 Å². The van der Waals surface area contributed by atoms with Crippen LogP contribution < -0.4 is 31.9 Å². The third-order valence-electron chi connectivity index (χ3n) is 5.82. The van der Waals surface area contributed by atoms with E-state index in [-0.39, 0.29) is 144 Å². The largest absolute Gasteiger partial charge is 0.429 e. The molecule has 0 aliphatic rings. The molecule has 0 aromatic rings. The van der Waals surface area contributed by atoms with Crippen molar-refractivity contribution < 1.29 is 114 Å². The number of nitrogens with zero attached hydrogens (tertiary/aromatic N) is 2. The number of amides is 2. The summed E-state index contributed by atoms with van der Waals surface area (Å²) in [6.45, 7) is 26.6. The smallest absolute Gasteiger partial charge is 0.243 e. The van der Waals surface area contributed by atoms with Crippen LogP contribution in [0.25, 0.3) is 0 Å². The normalized spacial score (nSPS) is 8.20. The fraction of sp³-hybridized carbons (Fsp3) is 0.821. The van der Waals surface area contributed by atoms with Gasteiger partial charge in [-0.3, -0.25) is 21.2 Å². The van der Waals surface area contributed by atoms with Crippen LogP contribution in [0.15, 0.2) is 18.2 Å². The van der Waals surface area contributed by atoms with Gasteiger partial charge in [-0.2, -0.15) is 6.08 Å². The van der Waals surface area contributed by atoms with E-state index in [0.29, 0.717) is 13.1 Å². The molecule has 0 aliphatic carbocycles. The number of aliphatic hydroxyl groups excluding tert-OH is 2. The van der Waals surface area contributed by atoms with E-state index in [1.165, 1.54) is 25.7 Å². The fourth-order valence-electron chi connectivity index (χ4n) is 2.77. The molecule has 0 saturated heterocycles. The second-order valence-electron chi connectivity index (χ2n) is 9.66. The van der Waals surface area contributed by atoms with Crippen LogP contribution >= 0.6 is 0 Å². The summed E-state index contributed by atoms with van der Waals surface area (Å²) in [6, 6.07) is 0. The van der Waals surface area contributed by atoms with Crippen LogP contribution in [-0.2, 0) is 75.0 Å². The molecule has 332 valence electrons. The molecular formula is C39H98N8O4PuY2-2. The number of nitrogens with one attached hydrogen (secondary N) is 6. The van der Waals surface area contributed by atoms with Crippen LogP contribution in [0.2, 0.25) is 0 Å². The minimum absolute atomic E-state index is 0. The number of carbonyl (C=O) groups is 2. The van der Waals surface area contributed by atoms with E-state index in [0.717, 1.165) is 92.2 Å². The van der Waals surface area contributed by atoms with Gasteiger partial charge in [0, 0.05) is 187 Å². The van der Waals surface area contributed by atoms with Crippen LogP contribution in [0.4, 0.5) is 0 Å². The third kappa shape index (κ3) is 105. The van der Waals surface area contributed by atoms with Gasteiger partial charge in [-0.25, -0.2) is 0 Å². The molecule has 0 rings (SSSR count). The molecule has 2 radical (unpaired) electrons. The van der Waals surface area contributed by atoms with Crippen molar-refractivity contribution in [3.8, 4) is 0 Å². The Morgan fingerprint density at radius 1 is 0.537 bits per heavy atom. The van der Waals surface area contributed by atoms with Gasteiger partial charge in [0.2, 0.25) is 5.91 Å². The molecule has 0 aromatic carbocycles. The maximum absolute atomic E-state index is 11.4. The molecule has 0 bridgehead atoms. The summed E-state index contributed by atoms with van der Waals surface area (Å²) in [6.07, 6.45) is 10.7. The first-order valence-electron chi connectivity index (χ1n) is 17.0. The van der Waals surface area contributed by atoms with E-state index in [9.17, 15) is 9.59 Å². The molecule has 0 unspecified atom stereocenters. The van der Waals surface area contributed by atoms with Gasteiger partial charge in [0.15, 0.2) is 0 Å². The van der Waals surface area contributed by atoms with Crippen LogP contribution in [-0.4, -0.2) is 153 Å². The maximum Gasteiger partial charge on any atom is 0.243 e. The zero-order valence-electron chi connectivity index (χ0n) is 34.5. The van der Waals surface area contributed by atoms with E-state index in [1.54, 1.807) is 6.08 Å². The topological polar surface area (TPSA) is 153 Å². The first-order chi connectivity index (χ1) is 22.3. The number of likely N-dealkylation sites (N-methyl/N-ethyl adjacent to an activating group) is 4. The molecule has 8 N–H and O–H groups in total. The zero-order valence-corrected chi connectivity index (χ0v) is 43.6. The Morgan fingerprint density at radius 3 is 0.981 bits per heavy atom. The quantitative estimate of drug-likeness (QED) is 0.0545. The van der Waals surface area contributed by atoms with Gasteiger partial charge in [0.25, 0.3) is 0 Å². The Kier molecular flexibility index (Phi) is 177. The summed E-state index contributed by atoms with van der Waals surface area (Å²) in [5.74, 6) is -0.221. The van der Waals surface area contributed by atoms with E-state index in [4.69, 9.17) is 16.8 Å². The average Bonchev–Trinajstić information content (AvgIpc) is 3.11. The van der Waals surface area contributed by atoms with Gasteiger partial charge in [0.05, 0.1) is 5.91 Å². The maximum atomic E-state index is 11.4. The molecule has 0 heterocycles. The minimum atomic E-state index is -0.220. The Balaban J connectivity index is -0.0000000342. The van der Waals surface area contributed by atoms with Crippen LogP contribution in [0.5, 0.6) is 0 Å². The Labute approximate surface area is 413 Å². The molecule has 0 fully saturated rings. The summed E-state index contributed by atoms with van der Waals surface area (Å²) >= 11 is 0. The molecule has 0 aromatic heterocycles. The van der Waals surface area contributed by atoms with Crippen molar-refractivity contribution in [2.24, 2.45) is 0 Å². The molecule has 12 nitrogen and oxygen atoms in total. The molecule has 0 atom stereocenters. The van der Waals surface area contributed by atoms with Crippen molar-refractivity contribution in [1.82, 2.24) is 41.7 Å². The van der Waals surface area contributed by atoms with Crippen molar-refractivity contribution in [1.29, 1.82) is 0 Å². The van der Waals surface area contributed by atoms with Crippen molar-refractivity contribution in [2.45, 2.75) is 96.4 Å². The molecule has 2 amide bonds. The summed E-state index contributed by atoms with van der Waals surface area (Å²) < 4.78 is 0. The number of allylic oxidation sites excluding steroid dienone is 1. The van der Waals surface area contributed by atoms with E-state index < -0.39 is 0 Å². The number of carbonyl (C=O) groups excluding carboxylic acids is 2. The summed E-state index contributed by atoms with van der Waals surface area (Å²) in [7, 11) is 9.77. The van der Waals surface area contributed by atoms with Crippen LogP contribution in [0.1, 0.15) is 96.4 Å². The van der Waals surface area contributed by atoms with Gasteiger partial charge in [-0.05, 0) is 40.7 Å². The number of hydrogen-bond acceptors (Lipinski definition) is 10. The van der Waals surface area contributed by atoms with Crippen LogP contribution in [0.3, 0.4) is 0 Å². The number of rotatable bonds is 23. The molecule has 0 spiro atoms. The second kappa shape index (κ2) is 99.9. The van der Waals surface area contributed by atoms with Crippen LogP contribution in [0, 0.1) is 43.2 Å². The molecule has 54 heavy (non-hydrogen) atoms. The van der Waals surface area contributed by atoms with E-state index in [2.05, 4.69) is 69.4 Å². The number of aliphatic hydroxyl groups is 2. The molecule has 15 heteroatoms. The van der Waals surface area contributed by atoms with Crippen molar-refractivity contribution >= 4 is 11.8 Å². The van der Waals surface area contributed by atoms with Crippen molar-refractivity contribution in [3.05, 3.63) is 32.2 Å². The molecule has 0 aliphatic heterocycles. The number of hydrogen-bond donors (Lipinski definition) is 8. The zero-order chi connectivity index (χ0) is 36.7. The van der Waals surface area contributed by atoms with Gasteiger partial charge in [-0.15, -0.1) is 0 Å². The molecule has 0 saturated carbocycles. The summed E-state index contributed by atoms with van der Waals surface area (Å²) in [5.41, 5.74) is 0. The predicted octanol–water partition coefficient (Wildman–Crippen LogP) is 4.46. The number of unbranched alkanes of at least 4 members (excludes halogenated alkanes) is 2. The Morgan fingerprint density at radius 2 is 0.778 bits per heavy atom. The predicted molar refractivity (Wildman–Crippen MR) is 234 cm³/mol. The Bertz CT molecular complexity index is 583. The van der Waals surface area contributed by atoms with Gasteiger partial charge in [-0.1, -0.05) is 96.1 Å². The second-order valence-corrected chi connectivity index (χ2v) is 9.66. The first-order valence-corrected chi connectivity index (χ1v) is 17.0.